The Bertz CT molecular complexity index is 462. The Morgan fingerprint density at radius 3 is 2.69 bits per heavy atom. The van der Waals surface area contributed by atoms with Crippen molar-refractivity contribution in [1.82, 2.24) is 4.98 Å². The Morgan fingerprint density at radius 2 is 2.12 bits per heavy atom. The fourth-order valence-electron chi connectivity index (χ4n) is 1.27. The largest absolute Gasteiger partial charge is 0.389 e. The van der Waals surface area contributed by atoms with Gasteiger partial charge in [-0.3, -0.25) is 0 Å². The molecule has 2 rings (SSSR count). The molecule has 1 aromatic heterocycles. The summed E-state index contributed by atoms with van der Waals surface area (Å²) in [5.74, 6) is 0. The molecular formula is C11H11N3S2. The van der Waals surface area contributed by atoms with Gasteiger partial charge in [0.2, 0.25) is 0 Å². The van der Waals surface area contributed by atoms with E-state index in [4.69, 9.17) is 18.0 Å². The van der Waals surface area contributed by atoms with Gasteiger partial charge < -0.3 is 11.1 Å². The van der Waals surface area contributed by atoms with Crippen LogP contribution >= 0.6 is 23.6 Å². The fraction of sp³-hybridized carbons (Fsp3) is 0.0909. The highest BCUT2D eigenvalue weighted by Crippen LogP contribution is 2.11. The summed E-state index contributed by atoms with van der Waals surface area (Å²) in [7, 11) is 0. The van der Waals surface area contributed by atoms with Crippen LogP contribution in [0, 0.1) is 0 Å². The Kier molecular flexibility index (Phi) is 3.48. The lowest BCUT2D eigenvalue weighted by atomic mass is 10.2. The first-order chi connectivity index (χ1) is 7.75. The molecule has 3 nitrogen and oxygen atoms in total. The molecule has 0 aliphatic heterocycles. The third-order valence-electron chi connectivity index (χ3n) is 2.13. The first kappa shape index (κ1) is 11.0. The summed E-state index contributed by atoms with van der Waals surface area (Å²) < 4.78 is 0. The van der Waals surface area contributed by atoms with Crippen LogP contribution in [0.15, 0.2) is 35.2 Å². The van der Waals surface area contributed by atoms with Crippen LogP contribution < -0.4 is 11.1 Å². The molecular weight excluding hydrogens is 238 g/mol. The van der Waals surface area contributed by atoms with Crippen molar-refractivity contribution >= 4 is 34.2 Å². The Morgan fingerprint density at radius 1 is 1.38 bits per heavy atom. The average Bonchev–Trinajstić information content (AvgIpc) is 2.80. The maximum atomic E-state index is 5.52. The van der Waals surface area contributed by atoms with Gasteiger partial charge in [-0.05, 0) is 24.3 Å². The summed E-state index contributed by atoms with van der Waals surface area (Å²) in [6.45, 7) is 0.732. The van der Waals surface area contributed by atoms with Gasteiger partial charge in [0.15, 0.2) is 0 Å². The summed E-state index contributed by atoms with van der Waals surface area (Å²) in [5, 5.41) is 5.30. The van der Waals surface area contributed by atoms with E-state index in [9.17, 15) is 0 Å². The molecule has 3 N–H and O–H groups in total. The van der Waals surface area contributed by atoms with Gasteiger partial charge in [0.1, 0.15) is 4.99 Å². The number of nitrogens with one attached hydrogen (secondary N) is 1. The van der Waals surface area contributed by atoms with Crippen LogP contribution in [0.1, 0.15) is 11.3 Å². The maximum absolute atomic E-state index is 5.52. The molecule has 0 aliphatic rings. The number of hydrogen-bond donors (Lipinski definition) is 2. The van der Waals surface area contributed by atoms with Crippen molar-refractivity contribution in [2.24, 2.45) is 5.73 Å². The van der Waals surface area contributed by atoms with E-state index >= 15 is 0 Å². The number of nitrogens with two attached hydrogens (primary N) is 1. The van der Waals surface area contributed by atoms with E-state index in [0.29, 0.717) is 4.99 Å². The molecule has 0 radical (unpaired) electrons. The van der Waals surface area contributed by atoms with Crippen LogP contribution in [-0.4, -0.2) is 9.97 Å². The summed E-state index contributed by atoms with van der Waals surface area (Å²) in [4.78, 5) is 4.61. The SMILES string of the molecule is NC(=S)c1ccc(NCc2cscn2)cc1. The molecule has 0 spiro atoms. The number of thiocarbonyl (C=S) groups is 1. The number of rotatable bonds is 4. The highest BCUT2D eigenvalue weighted by atomic mass is 32.1. The smallest absolute Gasteiger partial charge is 0.103 e. The van der Waals surface area contributed by atoms with Crippen molar-refractivity contribution in [2.45, 2.75) is 6.54 Å². The lowest BCUT2D eigenvalue weighted by molar-refractivity contribution is 1.07. The molecule has 16 heavy (non-hydrogen) atoms. The van der Waals surface area contributed by atoms with Gasteiger partial charge in [0.25, 0.3) is 0 Å². The van der Waals surface area contributed by atoms with Crippen molar-refractivity contribution in [3.8, 4) is 0 Å². The number of aromatic nitrogens is 1. The number of thiazole rings is 1. The van der Waals surface area contributed by atoms with Gasteiger partial charge in [-0.25, -0.2) is 4.98 Å². The molecule has 1 heterocycles. The molecule has 1 aromatic carbocycles. The first-order valence-electron chi connectivity index (χ1n) is 4.76. The van der Waals surface area contributed by atoms with Crippen LogP contribution in [0.3, 0.4) is 0 Å². The van der Waals surface area contributed by atoms with Crippen molar-refractivity contribution < 1.29 is 0 Å². The van der Waals surface area contributed by atoms with E-state index in [1.165, 1.54) is 0 Å². The van der Waals surface area contributed by atoms with Crippen LogP contribution in [0.5, 0.6) is 0 Å². The average molecular weight is 249 g/mol. The standard InChI is InChI=1S/C11H11N3S2/c12-11(15)8-1-3-9(4-2-8)13-5-10-6-16-7-14-10/h1-4,6-7,13H,5H2,(H2,12,15). The van der Waals surface area contributed by atoms with Crippen molar-refractivity contribution in [2.75, 3.05) is 5.32 Å². The summed E-state index contributed by atoms with van der Waals surface area (Å²) >= 11 is 6.48. The summed E-state index contributed by atoms with van der Waals surface area (Å²) in [6, 6.07) is 7.74. The van der Waals surface area contributed by atoms with Gasteiger partial charge in [0.05, 0.1) is 17.7 Å². The maximum Gasteiger partial charge on any atom is 0.103 e. The third kappa shape index (κ3) is 2.77. The first-order valence-corrected chi connectivity index (χ1v) is 6.11. The highest BCUT2D eigenvalue weighted by molar-refractivity contribution is 7.80. The predicted molar refractivity (Wildman–Crippen MR) is 71.8 cm³/mol. The number of nitrogens with zero attached hydrogens (tertiary/aromatic N) is 1. The molecule has 2 aromatic rings. The summed E-state index contributed by atoms with van der Waals surface area (Å²) in [5.41, 5.74) is 10.3. The van der Waals surface area contributed by atoms with Gasteiger partial charge in [-0.1, -0.05) is 12.2 Å². The van der Waals surface area contributed by atoms with E-state index in [1.54, 1.807) is 11.3 Å². The molecule has 0 amide bonds. The number of hydrogen-bond acceptors (Lipinski definition) is 4. The molecule has 0 fully saturated rings. The van der Waals surface area contributed by atoms with Crippen molar-refractivity contribution in [3.05, 3.63) is 46.4 Å². The topological polar surface area (TPSA) is 50.9 Å². The van der Waals surface area contributed by atoms with Crippen LogP contribution in [0.25, 0.3) is 0 Å². The Balaban J connectivity index is 1.98. The third-order valence-corrected chi connectivity index (χ3v) is 3.00. The van der Waals surface area contributed by atoms with Crippen molar-refractivity contribution in [3.63, 3.8) is 0 Å². The van der Waals surface area contributed by atoms with Crippen molar-refractivity contribution in [1.29, 1.82) is 0 Å². The Labute approximate surface area is 103 Å². The zero-order valence-corrected chi connectivity index (χ0v) is 10.1. The molecule has 0 aliphatic carbocycles. The molecule has 0 atom stereocenters. The predicted octanol–water partition coefficient (Wildman–Crippen LogP) is 2.39. The zero-order valence-electron chi connectivity index (χ0n) is 8.51. The normalized spacial score (nSPS) is 10.0. The molecule has 0 bridgehead atoms. The van der Waals surface area contributed by atoms with E-state index in [-0.39, 0.29) is 0 Å². The highest BCUT2D eigenvalue weighted by Gasteiger charge is 1.97. The minimum atomic E-state index is 0.422. The van der Waals surface area contributed by atoms with E-state index in [1.807, 2.05) is 35.2 Å². The van der Waals surface area contributed by atoms with E-state index in [0.717, 1.165) is 23.5 Å². The molecule has 0 unspecified atom stereocenters. The van der Waals surface area contributed by atoms with Gasteiger partial charge in [-0.15, -0.1) is 11.3 Å². The van der Waals surface area contributed by atoms with Crippen LogP contribution in [-0.2, 0) is 6.54 Å². The lowest BCUT2D eigenvalue weighted by Gasteiger charge is -2.05. The van der Waals surface area contributed by atoms with Gasteiger partial charge in [-0.2, -0.15) is 0 Å². The molecule has 5 heteroatoms. The second-order valence-electron chi connectivity index (χ2n) is 3.27. The van der Waals surface area contributed by atoms with Crippen LogP contribution in [0.4, 0.5) is 5.69 Å². The minimum absolute atomic E-state index is 0.422. The monoisotopic (exact) mass is 249 g/mol. The second kappa shape index (κ2) is 5.05. The molecule has 0 saturated carbocycles. The molecule has 82 valence electrons. The van der Waals surface area contributed by atoms with Crippen LogP contribution in [0.2, 0.25) is 0 Å². The van der Waals surface area contributed by atoms with Gasteiger partial charge in [0, 0.05) is 16.6 Å². The quantitative estimate of drug-likeness (QED) is 0.817. The van der Waals surface area contributed by atoms with E-state index < -0.39 is 0 Å². The molecule has 0 saturated heterocycles. The zero-order chi connectivity index (χ0) is 11.4. The van der Waals surface area contributed by atoms with Gasteiger partial charge >= 0.3 is 0 Å². The Hall–Kier alpha value is -1.46. The fourth-order valence-corrected chi connectivity index (χ4v) is 1.96. The summed E-state index contributed by atoms with van der Waals surface area (Å²) in [6.07, 6.45) is 0. The lowest BCUT2D eigenvalue weighted by Crippen LogP contribution is -2.09. The second-order valence-corrected chi connectivity index (χ2v) is 4.43. The van der Waals surface area contributed by atoms with E-state index in [2.05, 4.69) is 10.3 Å². The number of benzene rings is 1. The minimum Gasteiger partial charge on any atom is -0.389 e. The number of anilines is 1.